The molecule has 0 aromatic carbocycles. The Morgan fingerprint density at radius 1 is 1.27 bits per heavy atom. The molecule has 2 aliphatic rings. The smallest absolute Gasteiger partial charge is 0.321 e. The lowest BCUT2D eigenvalue weighted by Crippen LogP contribution is -2.55. The second kappa shape index (κ2) is 8.09. The van der Waals surface area contributed by atoms with Crippen LogP contribution in [-0.4, -0.2) is 69.6 Å². The molecule has 1 atom stereocenters. The van der Waals surface area contributed by atoms with E-state index in [-0.39, 0.29) is 11.9 Å². The second-order valence-electron chi connectivity index (χ2n) is 6.75. The summed E-state index contributed by atoms with van der Waals surface area (Å²) in [6.07, 6.45) is 4.57. The van der Waals surface area contributed by atoms with Crippen molar-refractivity contribution in [1.29, 1.82) is 0 Å². The van der Waals surface area contributed by atoms with Crippen LogP contribution in [0.1, 0.15) is 32.1 Å². The molecular weight excluding hydrogens is 346 g/mol. The molecule has 8 nitrogen and oxygen atoms in total. The van der Waals surface area contributed by atoms with Crippen LogP contribution in [0, 0.1) is 0 Å². The summed E-state index contributed by atoms with van der Waals surface area (Å²) in [4.78, 5) is 31.9. The highest BCUT2D eigenvalue weighted by Gasteiger charge is 2.29. The number of imide groups is 1. The molecule has 2 heterocycles. The fraction of sp³-hybridized carbons (Fsp3) is 0.688. The first-order valence-corrected chi connectivity index (χ1v) is 8.81. The predicted molar refractivity (Wildman–Crippen MR) is 89.5 cm³/mol. The van der Waals surface area contributed by atoms with Crippen molar-refractivity contribution in [3.63, 3.8) is 0 Å². The second-order valence-corrected chi connectivity index (χ2v) is 6.75. The highest BCUT2D eigenvalue weighted by Crippen LogP contribution is 2.18. The standard InChI is InChI=1S/C16H24F2N6O2/c1-11(14(25)21-16(26)20-12-2-3-12)23-8-6-22(7-9-23)10-13-19-4-5-24(13)15(17)18/h4-5,11-12,15H,2-3,6-10H2,1H3,(H2,20,21,25,26)/t11-/m1/s1. The van der Waals surface area contributed by atoms with Crippen molar-refractivity contribution in [2.75, 3.05) is 26.2 Å². The first kappa shape index (κ1) is 18.7. The molecule has 3 rings (SSSR count). The quantitative estimate of drug-likeness (QED) is 0.773. The molecule has 1 aromatic heterocycles. The van der Waals surface area contributed by atoms with Crippen LogP contribution in [0.2, 0.25) is 0 Å². The molecule has 144 valence electrons. The topological polar surface area (TPSA) is 82.5 Å². The SMILES string of the molecule is C[C@H](C(=O)NC(=O)NC1CC1)N1CCN(Cc2nccn2C(F)F)CC1. The van der Waals surface area contributed by atoms with Gasteiger partial charge in [0.25, 0.3) is 0 Å². The van der Waals surface area contributed by atoms with Gasteiger partial charge < -0.3 is 5.32 Å². The van der Waals surface area contributed by atoms with E-state index < -0.39 is 18.6 Å². The molecular formula is C16H24F2N6O2. The van der Waals surface area contributed by atoms with Crippen molar-refractivity contribution in [2.45, 2.75) is 44.9 Å². The van der Waals surface area contributed by atoms with Crippen LogP contribution in [0.4, 0.5) is 13.6 Å². The third kappa shape index (κ3) is 4.76. The minimum absolute atomic E-state index is 0.197. The maximum Gasteiger partial charge on any atom is 0.321 e. The average Bonchev–Trinajstić information content (AvgIpc) is 3.29. The van der Waals surface area contributed by atoms with Crippen LogP contribution in [0.5, 0.6) is 0 Å². The van der Waals surface area contributed by atoms with E-state index in [1.165, 1.54) is 12.4 Å². The lowest BCUT2D eigenvalue weighted by molar-refractivity contribution is -0.125. The maximum absolute atomic E-state index is 12.9. The third-order valence-electron chi connectivity index (χ3n) is 4.81. The fourth-order valence-electron chi connectivity index (χ4n) is 2.98. The lowest BCUT2D eigenvalue weighted by atomic mass is 10.2. The van der Waals surface area contributed by atoms with Gasteiger partial charge in [-0.2, -0.15) is 8.78 Å². The number of imidazole rings is 1. The Morgan fingerprint density at radius 3 is 2.58 bits per heavy atom. The normalized spacial score (nSPS) is 20.2. The zero-order chi connectivity index (χ0) is 18.7. The summed E-state index contributed by atoms with van der Waals surface area (Å²) in [5.41, 5.74) is 0. The van der Waals surface area contributed by atoms with E-state index in [1.807, 2.05) is 9.80 Å². The van der Waals surface area contributed by atoms with Gasteiger partial charge in [-0.1, -0.05) is 0 Å². The summed E-state index contributed by atoms with van der Waals surface area (Å²) in [6.45, 7) is 2.03. The number of urea groups is 1. The summed E-state index contributed by atoms with van der Waals surface area (Å²) < 4.78 is 26.6. The van der Waals surface area contributed by atoms with Crippen molar-refractivity contribution in [2.24, 2.45) is 0 Å². The Morgan fingerprint density at radius 2 is 1.96 bits per heavy atom. The van der Waals surface area contributed by atoms with Crippen molar-refractivity contribution in [3.8, 4) is 0 Å². The third-order valence-corrected chi connectivity index (χ3v) is 4.81. The van der Waals surface area contributed by atoms with E-state index in [4.69, 9.17) is 0 Å². The zero-order valence-corrected chi connectivity index (χ0v) is 14.7. The van der Waals surface area contributed by atoms with Crippen molar-refractivity contribution in [3.05, 3.63) is 18.2 Å². The molecule has 1 saturated heterocycles. The molecule has 0 spiro atoms. The molecule has 3 amide bonds. The van der Waals surface area contributed by atoms with Gasteiger partial charge >= 0.3 is 12.6 Å². The van der Waals surface area contributed by atoms with Gasteiger partial charge in [0.15, 0.2) is 0 Å². The molecule has 1 aliphatic heterocycles. The molecule has 2 N–H and O–H groups in total. The van der Waals surface area contributed by atoms with E-state index in [0.717, 1.165) is 17.4 Å². The maximum atomic E-state index is 12.9. The number of nitrogens with zero attached hydrogens (tertiary/aromatic N) is 4. The Kier molecular flexibility index (Phi) is 5.82. The fourth-order valence-corrected chi connectivity index (χ4v) is 2.98. The Hall–Kier alpha value is -2.07. The number of halogens is 2. The van der Waals surface area contributed by atoms with Crippen molar-refractivity contribution < 1.29 is 18.4 Å². The summed E-state index contributed by atoms with van der Waals surface area (Å²) in [5.74, 6) is 0.000770. The highest BCUT2D eigenvalue weighted by atomic mass is 19.3. The molecule has 0 unspecified atom stereocenters. The van der Waals surface area contributed by atoms with Gasteiger partial charge in [0.1, 0.15) is 5.82 Å². The number of hydrogen-bond acceptors (Lipinski definition) is 5. The van der Waals surface area contributed by atoms with Crippen LogP contribution >= 0.6 is 0 Å². The Labute approximate surface area is 150 Å². The molecule has 0 bridgehead atoms. The molecule has 0 radical (unpaired) electrons. The number of carbonyl (C=O) groups is 2. The number of carbonyl (C=O) groups excluding carboxylic acids is 2. The number of nitrogens with one attached hydrogen (secondary N) is 2. The number of alkyl halides is 2. The minimum Gasteiger partial charge on any atom is -0.335 e. The van der Waals surface area contributed by atoms with Gasteiger partial charge in [-0.25, -0.2) is 9.78 Å². The monoisotopic (exact) mass is 370 g/mol. The van der Waals surface area contributed by atoms with Gasteiger partial charge in [0.2, 0.25) is 5.91 Å². The number of rotatable bonds is 6. The molecule has 26 heavy (non-hydrogen) atoms. The zero-order valence-electron chi connectivity index (χ0n) is 14.7. The summed E-state index contributed by atoms with van der Waals surface area (Å²) in [7, 11) is 0. The predicted octanol–water partition coefficient (Wildman–Crippen LogP) is 0.772. The number of hydrogen-bond donors (Lipinski definition) is 2. The molecule has 2 fully saturated rings. The molecule has 10 heteroatoms. The van der Waals surface area contributed by atoms with E-state index in [0.29, 0.717) is 38.5 Å². The van der Waals surface area contributed by atoms with Gasteiger partial charge in [0, 0.05) is 44.6 Å². The van der Waals surface area contributed by atoms with Gasteiger partial charge in [0.05, 0.1) is 12.6 Å². The largest absolute Gasteiger partial charge is 0.335 e. The van der Waals surface area contributed by atoms with Gasteiger partial charge in [-0.3, -0.25) is 24.5 Å². The summed E-state index contributed by atoms with van der Waals surface area (Å²) in [6, 6.07) is -0.672. The van der Waals surface area contributed by atoms with Crippen LogP contribution in [0.15, 0.2) is 12.4 Å². The van der Waals surface area contributed by atoms with Crippen LogP contribution in [0.25, 0.3) is 0 Å². The van der Waals surface area contributed by atoms with Crippen LogP contribution in [0.3, 0.4) is 0 Å². The first-order chi connectivity index (χ1) is 12.4. The van der Waals surface area contributed by atoms with Gasteiger partial charge in [-0.05, 0) is 19.8 Å². The summed E-state index contributed by atoms with van der Waals surface area (Å²) >= 11 is 0. The number of amides is 3. The van der Waals surface area contributed by atoms with E-state index in [2.05, 4.69) is 15.6 Å². The minimum atomic E-state index is -2.60. The Balaban J connectivity index is 1.44. The van der Waals surface area contributed by atoms with Crippen molar-refractivity contribution in [1.82, 2.24) is 30.0 Å². The van der Waals surface area contributed by atoms with Crippen molar-refractivity contribution >= 4 is 11.9 Å². The van der Waals surface area contributed by atoms with Gasteiger partial charge in [-0.15, -0.1) is 0 Å². The lowest BCUT2D eigenvalue weighted by Gasteiger charge is -2.37. The summed E-state index contributed by atoms with van der Waals surface area (Å²) in [5, 5.41) is 5.10. The van der Waals surface area contributed by atoms with E-state index in [9.17, 15) is 18.4 Å². The number of aromatic nitrogens is 2. The number of piperazine rings is 1. The van der Waals surface area contributed by atoms with Crippen LogP contribution < -0.4 is 10.6 Å². The Bertz CT molecular complexity index is 640. The average molecular weight is 370 g/mol. The molecule has 1 aromatic rings. The van der Waals surface area contributed by atoms with E-state index >= 15 is 0 Å². The molecule has 1 saturated carbocycles. The van der Waals surface area contributed by atoms with E-state index in [1.54, 1.807) is 6.92 Å². The molecule has 1 aliphatic carbocycles. The first-order valence-electron chi connectivity index (χ1n) is 8.81. The van der Waals surface area contributed by atoms with Crippen LogP contribution in [-0.2, 0) is 11.3 Å². The highest BCUT2D eigenvalue weighted by molar-refractivity contribution is 5.97.